The SMILES string of the molecule is CCOc1cccc(N2C(=O)C(O)=C(C(=O)C(C)C)C2c2ccc(C(C)C)cc2)c1. The van der Waals surface area contributed by atoms with Crippen LogP contribution in [0.15, 0.2) is 59.9 Å². The van der Waals surface area contributed by atoms with E-state index in [9.17, 15) is 14.7 Å². The topological polar surface area (TPSA) is 66.8 Å². The van der Waals surface area contributed by atoms with Crippen molar-refractivity contribution in [2.45, 2.75) is 46.6 Å². The van der Waals surface area contributed by atoms with Gasteiger partial charge in [0.05, 0.1) is 18.2 Å². The molecule has 0 aliphatic carbocycles. The normalized spacial score (nSPS) is 16.7. The van der Waals surface area contributed by atoms with E-state index in [1.165, 1.54) is 4.90 Å². The van der Waals surface area contributed by atoms with Gasteiger partial charge >= 0.3 is 0 Å². The average Bonchev–Trinajstić information content (AvgIpc) is 2.98. The van der Waals surface area contributed by atoms with Crippen molar-refractivity contribution >= 4 is 17.4 Å². The summed E-state index contributed by atoms with van der Waals surface area (Å²) in [6.07, 6.45) is 0. The van der Waals surface area contributed by atoms with Gasteiger partial charge in [-0.05, 0) is 36.1 Å². The van der Waals surface area contributed by atoms with Gasteiger partial charge in [0, 0.05) is 17.7 Å². The van der Waals surface area contributed by atoms with Crippen molar-refractivity contribution in [2.24, 2.45) is 5.92 Å². The largest absolute Gasteiger partial charge is 0.503 e. The molecule has 0 saturated carbocycles. The van der Waals surface area contributed by atoms with Crippen LogP contribution in [0.5, 0.6) is 5.75 Å². The summed E-state index contributed by atoms with van der Waals surface area (Å²) < 4.78 is 5.58. The van der Waals surface area contributed by atoms with Crippen LogP contribution < -0.4 is 9.64 Å². The number of aliphatic hydroxyl groups excluding tert-OH is 1. The Morgan fingerprint density at radius 2 is 1.77 bits per heavy atom. The molecule has 0 saturated heterocycles. The third-order valence-corrected chi connectivity index (χ3v) is 5.32. The van der Waals surface area contributed by atoms with Gasteiger partial charge in [0.15, 0.2) is 11.5 Å². The molecule has 1 unspecified atom stereocenters. The monoisotopic (exact) mass is 407 g/mol. The van der Waals surface area contributed by atoms with Gasteiger partial charge in [-0.25, -0.2) is 0 Å². The number of anilines is 1. The highest BCUT2D eigenvalue weighted by molar-refractivity contribution is 6.16. The smallest absolute Gasteiger partial charge is 0.294 e. The van der Waals surface area contributed by atoms with Crippen molar-refractivity contribution in [3.05, 3.63) is 71.0 Å². The second kappa shape index (κ2) is 8.74. The van der Waals surface area contributed by atoms with Crippen LogP contribution in [0.4, 0.5) is 5.69 Å². The van der Waals surface area contributed by atoms with E-state index < -0.39 is 17.7 Å². The van der Waals surface area contributed by atoms with E-state index in [0.29, 0.717) is 24.0 Å². The number of amides is 1. The minimum absolute atomic E-state index is 0.147. The Morgan fingerprint density at radius 1 is 1.10 bits per heavy atom. The maximum Gasteiger partial charge on any atom is 0.294 e. The number of aliphatic hydroxyl groups is 1. The highest BCUT2D eigenvalue weighted by Gasteiger charge is 2.44. The molecule has 1 N–H and O–H groups in total. The maximum absolute atomic E-state index is 13.1. The summed E-state index contributed by atoms with van der Waals surface area (Å²) in [6.45, 7) is 10.1. The number of carbonyl (C=O) groups excluding carboxylic acids is 2. The number of benzene rings is 2. The molecule has 0 spiro atoms. The molecular formula is C25H29NO4. The quantitative estimate of drug-likeness (QED) is 0.673. The van der Waals surface area contributed by atoms with Crippen molar-refractivity contribution in [3.63, 3.8) is 0 Å². The van der Waals surface area contributed by atoms with Crippen LogP contribution in [-0.2, 0) is 9.59 Å². The molecule has 1 amide bonds. The molecule has 30 heavy (non-hydrogen) atoms. The second-order valence-corrected chi connectivity index (χ2v) is 8.11. The Bertz CT molecular complexity index is 973. The number of ether oxygens (including phenoxy) is 1. The van der Waals surface area contributed by atoms with Gasteiger partial charge in [-0.1, -0.05) is 58.0 Å². The van der Waals surface area contributed by atoms with Gasteiger partial charge in [0.25, 0.3) is 5.91 Å². The molecule has 1 aliphatic rings. The Kier molecular flexibility index (Phi) is 6.30. The molecule has 1 heterocycles. The van der Waals surface area contributed by atoms with Gasteiger partial charge in [0.2, 0.25) is 0 Å². The van der Waals surface area contributed by atoms with E-state index >= 15 is 0 Å². The maximum atomic E-state index is 13.1. The van der Waals surface area contributed by atoms with Gasteiger partial charge in [-0.15, -0.1) is 0 Å². The fourth-order valence-corrected chi connectivity index (χ4v) is 3.70. The van der Waals surface area contributed by atoms with Crippen LogP contribution in [0.3, 0.4) is 0 Å². The number of hydrogen-bond acceptors (Lipinski definition) is 4. The zero-order valence-electron chi connectivity index (χ0n) is 18.2. The molecule has 0 aromatic heterocycles. The van der Waals surface area contributed by atoms with E-state index in [2.05, 4.69) is 13.8 Å². The van der Waals surface area contributed by atoms with Gasteiger partial charge in [-0.3, -0.25) is 14.5 Å². The number of rotatable bonds is 7. The van der Waals surface area contributed by atoms with Crippen LogP contribution in [0, 0.1) is 5.92 Å². The van der Waals surface area contributed by atoms with E-state index in [4.69, 9.17) is 4.74 Å². The summed E-state index contributed by atoms with van der Waals surface area (Å²) in [5.41, 5.74) is 2.66. The molecule has 0 radical (unpaired) electrons. The number of hydrogen-bond donors (Lipinski definition) is 1. The molecule has 0 fully saturated rings. The fourth-order valence-electron chi connectivity index (χ4n) is 3.70. The molecule has 5 heteroatoms. The zero-order valence-corrected chi connectivity index (χ0v) is 18.2. The predicted molar refractivity (Wildman–Crippen MR) is 118 cm³/mol. The van der Waals surface area contributed by atoms with Crippen LogP contribution in [0.1, 0.15) is 57.7 Å². The average molecular weight is 408 g/mol. The Balaban J connectivity index is 2.14. The number of carbonyl (C=O) groups is 2. The number of Topliss-reactive ketones (excluding diaryl/α,β-unsaturated/α-hetero) is 1. The van der Waals surface area contributed by atoms with Gasteiger partial charge in [0.1, 0.15) is 5.75 Å². The van der Waals surface area contributed by atoms with Crippen LogP contribution in [0.2, 0.25) is 0 Å². The van der Waals surface area contributed by atoms with E-state index in [1.807, 2.05) is 37.3 Å². The van der Waals surface area contributed by atoms with E-state index in [-0.39, 0.29) is 17.3 Å². The standard InChI is InChI=1S/C25H29NO4/c1-6-30-20-9-7-8-19(14-20)26-22(18-12-10-17(11-13-18)15(2)3)21(23(27)16(4)5)24(28)25(26)29/h7-16,22,28H,6H2,1-5H3. The summed E-state index contributed by atoms with van der Waals surface area (Å²) >= 11 is 0. The first-order chi connectivity index (χ1) is 14.3. The second-order valence-electron chi connectivity index (χ2n) is 8.11. The first-order valence-electron chi connectivity index (χ1n) is 10.4. The summed E-state index contributed by atoms with van der Waals surface area (Å²) in [4.78, 5) is 27.6. The molecular weight excluding hydrogens is 378 g/mol. The first kappa shape index (κ1) is 21.6. The number of nitrogens with zero attached hydrogens (tertiary/aromatic N) is 1. The van der Waals surface area contributed by atoms with Crippen LogP contribution >= 0.6 is 0 Å². The third kappa shape index (κ3) is 3.97. The fraction of sp³-hybridized carbons (Fsp3) is 0.360. The highest BCUT2D eigenvalue weighted by Crippen LogP contribution is 2.42. The lowest BCUT2D eigenvalue weighted by molar-refractivity contribution is -0.119. The Labute approximate surface area is 178 Å². The minimum Gasteiger partial charge on any atom is -0.503 e. The van der Waals surface area contributed by atoms with Crippen LogP contribution in [0.25, 0.3) is 0 Å². The lowest BCUT2D eigenvalue weighted by Gasteiger charge is -2.28. The Hall–Kier alpha value is -3.08. The van der Waals surface area contributed by atoms with Crippen molar-refractivity contribution in [2.75, 3.05) is 11.5 Å². The van der Waals surface area contributed by atoms with E-state index in [0.717, 1.165) is 11.1 Å². The molecule has 2 aromatic carbocycles. The van der Waals surface area contributed by atoms with Crippen molar-refractivity contribution < 1.29 is 19.4 Å². The lowest BCUT2D eigenvalue weighted by atomic mass is 9.90. The van der Waals surface area contributed by atoms with Gasteiger partial charge in [-0.2, -0.15) is 0 Å². The van der Waals surface area contributed by atoms with Crippen molar-refractivity contribution in [3.8, 4) is 5.75 Å². The molecule has 158 valence electrons. The molecule has 0 bridgehead atoms. The Morgan fingerprint density at radius 3 is 2.33 bits per heavy atom. The molecule has 1 atom stereocenters. The summed E-state index contributed by atoms with van der Waals surface area (Å²) in [5.74, 6) is -0.646. The molecule has 5 nitrogen and oxygen atoms in total. The lowest BCUT2D eigenvalue weighted by Crippen LogP contribution is -2.31. The van der Waals surface area contributed by atoms with Crippen LogP contribution in [-0.4, -0.2) is 23.4 Å². The highest BCUT2D eigenvalue weighted by atomic mass is 16.5. The van der Waals surface area contributed by atoms with Crippen molar-refractivity contribution in [1.29, 1.82) is 0 Å². The summed E-state index contributed by atoms with van der Waals surface area (Å²) in [6, 6.07) is 14.3. The van der Waals surface area contributed by atoms with Gasteiger partial charge < -0.3 is 9.84 Å². The number of ketones is 1. The predicted octanol–water partition coefficient (Wildman–Crippen LogP) is 5.33. The molecule has 2 aromatic rings. The summed E-state index contributed by atoms with van der Waals surface area (Å²) in [5, 5.41) is 10.7. The summed E-state index contributed by atoms with van der Waals surface area (Å²) in [7, 11) is 0. The molecule has 3 rings (SSSR count). The first-order valence-corrected chi connectivity index (χ1v) is 10.4. The zero-order chi connectivity index (χ0) is 22.0. The third-order valence-electron chi connectivity index (χ3n) is 5.32. The van der Waals surface area contributed by atoms with E-state index in [1.54, 1.807) is 32.0 Å². The molecule has 1 aliphatic heterocycles. The minimum atomic E-state index is -0.689. The van der Waals surface area contributed by atoms with Crippen molar-refractivity contribution in [1.82, 2.24) is 0 Å².